The third-order valence-electron chi connectivity index (χ3n) is 3.11. The van der Waals surface area contributed by atoms with Crippen molar-refractivity contribution in [3.8, 4) is 11.5 Å². The molecule has 0 unspecified atom stereocenters. The zero-order valence-electron chi connectivity index (χ0n) is 14.5. The number of carbonyl (C=O) groups is 1. The lowest BCUT2D eigenvalue weighted by Gasteiger charge is -2.11. The monoisotopic (exact) mass is 361 g/mol. The van der Waals surface area contributed by atoms with Crippen molar-refractivity contribution in [1.29, 1.82) is 0 Å². The Hall–Kier alpha value is -3.49. The highest BCUT2D eigenvalue weighted by atomic mass is 16.5. The van der Waals surface area contributed by atoms with E-state index in [2.05, 4.69) is 14.9 Å². The van der Waals surface area contributed by atoms with Crippen LogP contribution >= 0.6 is 0 Å². The summed E-state index contributed by atoms with van der Waals surface area (Å²) in [5, 5.41) is 6.29. The second-order valence-electron chi connectivity index (χ2n) is 5.00. The van der Waals surface area contributed by atoms with Crippen LogP contribution < -0.4 is 26.0 Å². The van der Waals surface area contributed by atoms with E-state index in [0.29, 0.717) is 23.9 Å². The summed E-state index contributed by atoms with van der Waals surface area (Å²) >= 11 is 0. The number of benzene rings is 1. The second-order valence-corrected chi connectivity index (χ2v) is 5.00. The van der Waals surface area contributed by atoms with E-state index >= 15 is 0 Å². The molecule has 0 saturated heterocycles. The molecule has 1 aromatic carbocycles. The molecule has 2 aromatic rings. The van der Waals surface area contributed by atoms with Crippen molar-refractivity contribution in [1.82, 2.24) is 0 Å². The number of hydrogen-bond acceptors (Lipinski definition) is 6. The van der Waals surface area contributed by atoms with Gasteiger partial charge in [0.1, 0.15) is 12.4 Å². The summed E-state index contributed by atoms with van der Waals surface area (Å²) in [4.78, 5) is 11.4. The molecular formula is C17H21N4O5+. The Bertz CT molecular complexity index is 809. The van der Waals surface area contributed by atoms with Crippen LogP contribution in [0.1, 0.15) is 28.8 Å². The molecule has 0 atom stereocenters. The highest BCUT2D eigenvalue weighted by molar-refractivity contribution is 5.86. The number of hydrazone groups is 1. The van der Waals surface area contributed by atoms with E-state index < -0.39 is 5.97 Å². The summed E-state index contributed by atoms with van der Waals surface area (Å²) in [6.45, 7) is 2.47. The van der Waals surface area contributed by atoms with Gasteiger partial charge in [0, 0.05) is 10.7 Å². The third-order valence-corrected chi connectivity index (χ3v) is 3.11. The Labute approximate surface area is 150 Å². The molecule has 0 aliphatic heterocycles. The highest BCUT2D eigenvalue weighted by Crippen LogP contribution is 2.29. The summed E-state index contributed by atoms with van der Waals surface area (Å²) in [6, 6.07) is 8.50. The maximum atomic E-state index is 11.4. The van der Waals surface area contributed by atoms with Gasteiger partial charge in [-0.15, -0.1) is 5.10 Å². The van der Waals surface area contributed by atoms with Gasteiger partial charge in [0.2, 0.25) is 12.0 Å². The molecule has 1 heterocycles. The van der Waals surface area contributed by atoms with E-state index in [0.717, 1.165) is 5.56 Å². The first-order chi connectivity index (χ1) is 12.5. The molecule has 2 rings (SSSR count). The number of nitrogens with zero attached hydrogens (tertiary/aromatic N) is 1. The summed E-state index contributed by atoms with van der Waals surface area (Å²) < 4.78 is 21.3. The lowest BCUT2D eigenvalue weighted by Crippen LogP contribution is -2.63. The topological polar surface area (TPSA) is 136 Å². The molecular weight excluding hydrogens is 340 g/mol. The predicted octanol–water partition coefficient (Wildman–Crippen LogP) is -0.268. The number of carbonyl (C=O) groups excluding carboxylic acids is 1. The van der Waals surface area contributed by atoms with Crippen molar-refractivity contribution in [3.63, 3.8) is 0 Å². The first-order valence-corrected chi connectivity index (χ1v) is 7.77. The van der Waals surface area contributed by atoms with Crippen LogP contribution in [0.25, 0.3) is 0 Å². The number of esters is 1. The van der Waals surface area contributed by atoms with Crippen LogP contribution in [0.2, 0.25) is 0 Å². The molecule has 0 amide bonds. The maximum absolute atomic E-state index is 11.4. The maximum Gasteiger partial charge on any atom is 0.373 e. The van der Waals surface area contributed by atoms with Crippen molar-refractivity contribution >= 4 is 18.1 Å². The van der Waals surface area contributed by atoms with Gasteiger partial charge in [-0.25, -0.2) is 4.79 Å². The summed E-state index contributed by atoms with van der Waals surface area (Å²) in [6.07, 6.45) is 1.61. The predicted molar refractivity (Wildman–Crippen MR) is 93.9 cm³/mol. The number of nitrogens with two attached hydrogens (primary N) is 2. The smallest absolute Gasteiger partial charge is 0.373 e. The van der Waals surface area contributed by atoms with Crippen molar-refractivity contribution in [2.45, 2.75) is 13.5 Å². The summed E-state index contributed by atoms with van der Waals surface area (Å²) in [5.74, 6) is 1.06. The normalized spacial score (nSPS) is 10.5. The van der Waals surface area contributed by atoms with E-state index in [-0.39, 0.29) is 18.3 Å². The number of ether oxygens (including phenoxy) is 3. The minimum atomic E-state index is -0.542. The molecule has 9 nitrogen and oxygen atoms in total. The summed E-state index contributed by atoms with van der Waals surface area (Å²) in [7, 11) is 1.29. The number of furan rings is 1. The van der Waals surface area contributed by atoms with E-state index in [1.807, 2.05) is 6.92 Å². The molecule has 0 spiro atoms. The van der Waals surface area contributed by atoms with E-state index in [4.69, 9.17) is 25.4 Å². The minimum Gasteiger partial charge on any atom is -0.490 e. The zero-order valence-corrected chi connectivity index (χ0v) is 14.5. The van der Waals surface area contributed by atoms with E-state index in [1.54, 1.807) is 30.5 Å². The van der Waals surface area contributed by atoms with Gasteiger partial charge in [0.25, 0.3) is 5.96 Å². The molecule has 0 aliphatic rings. The van der Waals surface area contributed by atoms with Crippen LogP contribution in [0.4, 0.5) is 0 Å². The van der Waals surface area contributed by atoms with Crippen LogP contribution in [0.3, 0.4) is 0 Å². The SMILES string of the molecule is CCOc1cc(/C=[NH+]/N=C(N)N)ccc1OCc1ccc(C(=O)OC)o1. The van der Waals surface area contributed by atoms with Crippen LogP contribution in [0.5, 0.6) is 11.5 Å². The average Bonchev–Trinajstić information content (AvgIpc) is 3.09. The van der Waals surface area contributed by atoms with Gasteiger partial charge in [-0.3, -0.25) is 0 Å². The lowest BCUT2D eigenvalue weighted by atomic mass is 10.2. The van der Waals surface area contributed by atoms with Crippen LogP contribution in [-0.4, -0.2) is 31.9 Å². The van der Waals surface area contributed by atoms with Gasteiger partial charge in [-0.2, -0.15) is 0 Å². The fourth-order valence-electron chi connectivity index (χ4n) is 2.00. The standard InChI is InChI=1S/C17H20N4O5/c1-3-24-15-8-11(9-20-21-17(18)19)4-6-13(15)25-10-12-5-7-14(26-12)16(22)23-2/h4-9H,3,10H2,1-2H3,(H4,18,19,21)/p+1/b20-9+. The molecule has 9 heteroatoms. The molecule has 26 heavy (non-hydrogen) atoms. The Morgan fingerprint density at radius 3 is 2.73 bits per heavy atom. The van der Waals surface area contributed by atoms with Crippen molar-refractivity contribution in [3.05, 3.63) is 47.4 Å². The largest absolute Gasteiger partial charge is 0.490 e. The molecule has 0 saturated carbocycles. The zero-order chi connectivity index (χ0) is 18.9. The van der Waals surface area contributed by atoms with Gasteiger partial charge in [0.05, 0.1) is 13.7 Å². The van der Waals surface area contributed by atoms with Crippen LogP contribution in [0.15, 0.2) is 39.9 Å². The molecule has 0 aliphatic carbocycles. The summed E-state index contributed by atoms with van der Waals surface area (Å²) in [5.41, 5.74) is 11.3. The van der Waals surface area contributed by atoms with Crippen molar-refractivity contribution < 1.29 is 28.5 Å². The number of rotatable bonds is 8. The number of hydrogen-bond donors (Lipinski definition) is 3. The Morgan fingerprint density at radius 2 is 2.04 bits per heavy atom. The minimum absolute atomic E-state index is 0.0731. The Morgan fingerprint density at radius 1 is 1.23 bits per heavy atom. The van der Waals surface area contributed by atoms with Gasteiger partial charge >= 0.3 is 5.97 Å². The molecule has 1 aromatic heterocycles. The fraction of sp³-hybridized carbons (Fsp3) is 0.235. The van der Waals surface area contributed by atoms with Gasteiger partial charge in [-0.05, 0) is 37.3 Å². The average molecular weight is 361 g/mol. The van der Waals surface area contributed by atoms with Crippen LogP contribution in [-0.2, 0) is 11.3 Å². The quantitative estimate of drug-likeness (QED) is 0.255. The highest BCUT2D eigenvalue weighted by Gasteiger charge is 2.13. The first kappa shape index (κ1) is 18.8. The molecule has 138 valence electrons. The molecule has 0 fully saturated rings. The molecule has 5 N–H and O–H groups in total. The van der Waals surface area contributed by atoms with Crippen LogP contribution in [0, 0.1) is 0 Å². The van der Waals surface area contributed by atoms with Crippen molar-refractivity contribution in [2.24, 2.45) is 16.6 Å². The molecule has 0 bridgehead atoms. The van der Waals surface area contributed by atoms with Gasteiger partial charge in [0.15, 0.2) is 11.5 Å². The van der Waals surface area contributed by atoms with Gasteiger partial charge in [-0.1, -0.05) is 0 Å². The third kappa shape index (κ3) is 5.26. The number of guanidine groups is 1. The lowest BCUT2D eigenvalue weighted by molar-refractivity contribution is -0.456. The molecule has 0 radical (unpaired) electrons. The van der Waals surface area contributed by atoms with Gasteiger partial charge < -0.3 is 30.1 Å². The van der Waals surface area contributed by atoms with E-state index in [9.17, 15) is 4.79 Å². The van der Waals surface area contributed by atoms with Crippen molar-refractivity contribution in [2.75, 3.05) is 13.7 Å². The van der Waals surface area contributed by atoms with E-state index in [1.165, 1.54) is 13.2 Å². The Kier molecular flexibility index (Phi) is 6.60. The number of nitrogens with one attached hydrogen (secondary N) is 1. The Balaban J connectivity index is 2.10. The first-order valence-electron chi connectivity index (χ1n) is 7.77. The number of methoxy groups -OCH3 is 1. The second kappa shape index (κ2) is 9.11. The fourth-order valence-corrected chi connectivity index (χ4v) is 2.00.